The molecule has 0 aliphatic heterocycles. The van der Waals surface area contributed by atoms with Crippen LogP contribution in [0.3, 0.4) is 0 Å². The molecule has 3 rings (SSSR count). The fraction of sp³-hybridized carbons (Fsp3) is 0.100. The molecule has 0 fully saturated rings. The van der Waals surface area contributed by atoms with Crippen LogP contribution in [0.1, 0.15) is 34.7 Å². The molecule has 3 aromatic rings. The molecule has 0 spiro atoms. The molecule has 0 bridgehead atoms. The summed E-state index contributed by atoms with van der Waals surface area (Å²) in [7, 11) is 0. The molecule has 6 nitrogen and oxygen atoms in total. The van der Waals surface area contributed by atoms with E-state index in [0.29, 0.717) is 27.6 Å². The van der Waals surface area contributed by atoms with Crippen LogP contribution in [0.2, 0.25) is 0 Å². The Morgan fingerprint density at radius 3 is 2.22 bits per heavy atom. The highest BCUT2D eigenvalue weighted by Crippen LogP contribution is 2.25. The number of nitrogens with zero attached hydrogens (tertiary/aromatic N) is 1. The highest BCUT2D eigenvalue weighted by atomic mass is 32.1. The molecule has 7 heteroatoms. The standard InChI is InChI=1S/C20H17N3O3S/c1-12(24)14-4-3-5-15(10-14)20-23-18(11-27-20)19(26)22-17-8-6-16(7-9-17)21-13(2)25/h3-11H,1-2H3,(H,21,25)(H,22,26). The van der Waals surface area contributed by atoms with Crippen molar-refractivity contribution < 1.29 is 14.4 Å². The second kappa shape index (κ2) is 7.92. The summed E-state index contributed by atoms with van der Waals surface area (Å²) in [4.78, 5) is 39.3. The Morgan fingerprint density at radius 2 is 1.59 bits per heavy atom. The van der Waals surface area contributed by atoms with Gasteiger partial charge in [-0.05, 0) is 37.3 Å². The molecule has 0 atom stereocenters. The van der Waals surface area contributed by atoms with Crippen LogP contribution in [0.25, 0.3) is 10.6 Å². The van der Waals surface area contributed by atoms with Gasteiger partial charge in [0.2, 0.25) is 5.91 Å². The van der Waals surface area contributed by atoms with Crippen LogP contribution in [0, 0.1) is 0 Å². The second-order valence-corrected chi connectivity index (χ2v) is 6.75. The van der Waals surface area contributed by atoms with E-state index in [4.69, 9.17) is 0 Å². The predicted octanol–water partition coefficient (Wildman–Crippen LogP) is 4.22. The van der Waals surface area contributed by atoms with Crippen LogP contribution in [0.15, 0.2) is 53.9 Å². The lowest BCUT2D eigenvalue weighted by molar-refractivity contribution is -0.114. The number of rotatable bonds is 5. The summed E-state index contributed by atoms with van der Waals surface area (Å²) in [5.74, 6) is -0.503. The van der Waals surface area contributed by atoms with Gasteiger partial charge in [0.1, 0.15) is 10.7 Å². The number of anilines is 2. The number of thiazole rings is 1. The van der Waals surface area contributed by atoms with E-state index in [1.165, 1.54) is 25.2 Å². The molecular weight excluding hydrogens is 362 g/mol. The van der Waals surface area contributed by atoms with E-state index in [-0.39, 0.29) is 17.6 Å². The molecule has 2 amide bonds. The van der Waals surface area contributed by atoms with E-state index in [2.05, 4.69) is 15.6 Å². The Bertz CT molecular complexity index is 1010. The number of amides is 2. The van der Waals surface area contributed by atoms with Gasteiger partial charge in [0, 0.05) is 34.8 Å². The van der Waals surface area contributed by atoms with Gasteiger partial charge in [0.05, 0.1) is 0 Å². The van der Waals surface area contributed by atoms with Crippen LogP contribution in [-0.2, 0) is 4.79 Å². The van der Waals surface area contributed by atoms with Crippen molar-refractivity contribution in [1.82, 2.24) is 4.98 Å². The number of carbonyl (C=O) groups excluding carboxylic acids is 3. The molecule has 0 radical (unpaired) electrons. The minimum Gasteiger partial charge on any atom is -0.326 e. The first-order valence-corrected chi connectivity index (χ1v) is 9.06. The number of aromatic nitrogens is 1. The third kappa shape index (κ3) is 4.65. The maximum Gasteiger partial charge on any atom is 0.275 e. The fourth-order valence-electron chi connectivity index (χ4n) is 2.42. The van der Waals surface area contributed by atoms with Crippen LogP contribution in [0.5, 0.6) is 0 Å². The maximum absolute atomic E-state index is 12.4. The SMILES string of the molecule is CC(=O)Nc1ccc(NC(=O)c2csc(-c3cccc(C(C)=O)c3)n2)cc1. The number of hydrogen-bond acceptors (Lipinski definition) is 5. The molecule has 1 heterocycles. The van der Waals surface area contributed by atoms with E-state index >= 15 is 0 Å². The first kappa shape index (κ1) is 18.5. The van der Waals surface area contributed by atoms with Crippen molar-refractivity contribution in [1.29, 1.82) is 0 Å². The average molecular weight is 379 g/mol. The number of Topliss-reactive ketones (excluding diaryl/α,β-unsaturated/α-hetero) is 1. The molecule has 0 aliphatic rings. The van der Waals surface area contributed by atoms with Crippen molar-refractivity contribution in [3.05, 3.63) is 65.2 Å². The highest BCUT2D eigenvalue weighted by molar-refractivity contribution is 7.13. The van der Waals surface area contributed by atoms with E-state index in [9.17, 15) is 14.4 Å². The Labute approximate surface area is 160 Å². The lowest BCUT2D eigenvalue weighted by Crippen LogP contribution is -2.12. The van der Waals surface area contributed by atoms with Gasteiger partial charge < -0.3 is 10.6 Å². The van der Waals surface area contributed by atoms with Gasteiger partial charge >= 0.3 is 0 Å². The Hall–Kier alpha value is -3.32. The van der Waals surface area contributed by atoms with Crippen LogP contribution >= 0.6 is 11.3 Å². The minimum atomic E-state index is -0.326. The van der Waals surface area contributed by atoms with E-state index in [1.807, 2.05) is 6.07 Å². The van der Waals surface area contributed by atoms with Crippen molar-refractivity contribution in [3.8, 4) is 10.6 Å². The van der Waals surface area contributed by atoms with Gasteiger partial charge in [0.25, 0.3) is 5.91 Å². The number of carbonyl (C=O) groups is 3. The summed E-state index contributed by atoms with van der Waals surface area (Å²) in [5, 5.41) is 7.78. The molecule has 136 valence electrons. The predicted molar refractivity (Wildman–Crippen MR) is 106 cm³/mol. The second-order valence-electron chi connectivity index (χ2n) is 5.89. The minimum absolute atomic E-state index is 0.0194. The third-order valence-corrected chi connectivity index (χ3v) is 4.61. The zero-order valence-corrected chi connectivity index (χ0v) is 15.6. The third-order valence-electron chi connectivity index (χ3n) is 3.72. The summed E-state index contributed by atoms with van der Waals surface area (Å²) in [5.41, 5.74) is 2.96. The lowest BCUT2D eigenvalue weighted by atomic mass is 10.1. The zero-order chi connectivity index (χ0) is 19.4. The number of nitrogens with one attached hydrogen (secondary N) is 2. The normalized spacial score (nSPS) is 10.3. The smallest absolute Gasteiger partial charge is 0.275 e. The highest BCUT2D eigenvalue weighted by Gasteiger charge is 2.13. The van der Waals surface area contributed by atoms with E-state index in [1.54, 1.807) is 47.8 Å². The topological polar surface area (TPSA) is 88.2 Å². The first-order valence-electron chi connectivity index (χ1n) is 8.18. The molecule has 0 saturated heterocycles. The molecule has 0 saturated carbocycles. The molecule has 27 heavy (non-hydrogen) atoms. The maximum atomic E-state index is 12.4. The molecule has 2 aromatic carbocycles. The van der Waals surface area contributed by atoms with Crippen LogP contribution in [-0.4, -0.2) is 22.6 Å². The molecule has 1 aromatic heterocycles. The molecule has 0 unspecified atom stereocenters. The van der Waals surface area contributed by atoms with Crippen molar-refractivity contribution in [2.75, 3.05) is 10.6 Å². The van der Waals surface area contributed by atoms with Crippen molar-refractivity contribution in [3.63, 3.8) is 0 Å². The van der Waals surface area contributed by atoms with Crippen molar-refractivity contribution >= 4 is 40.3 Å². The van der Waals surface area contributed by atoms with E-state index < -0.39 is 0 Å². The molecule has 0 aliphatic carbocycles. The largest absolute Gasteiger partial charge is 0.326 e. The quantitative estimate of drug-likeness (QED) is 0.650. The van der Waals surface area contributed by atoms with Gasteiger partial charge in [0.15, 0.2) is 5.78 Å². The average Bonchev–Trinajstić information content (AvgIpc) is 3.13. The van der Waals surface area contributed by atoms with Gasteiger partial charge in [-0.25, -0.2) is 4.98 Å². The van der Waals surface area contributed by atoms with E-state index in [0.717, 1.165) is 5.56 Å². The number of hydrogen-bond donors (Lipinski definition) is 2. The number of benzene rings is 2. The monoisotopic (exact) mass is 379 g/mol. The summed E-state index contributed by atoms with van der Waals surface area (Å²) < 4.78 is 0. The van der Waals surface area contributed by atoms with Crippen LogP contribution in [0.4, 0.5) is 11.4 Å². The van der Waals surface area contributed by atoms with Crippen LogP contribution < -0.4 is 10.6 Å². The molecule has 2 N–H and O–H groups in total. The van der Waals surface area contributed by atoms with Gasteiger partial charge in [-0.15, -0.1) is 11.3 Å². The summed E-state index contributed by atoms with van der Waals surface area (Å²) >= 11 is 1.34. The van der Waals surface area contributed by atoms with Gasteiger partial charge in [-0.3, -0.25) is 14.4 Å². The van der Waals surface area contributed by atoms with Crippen molar-refractivity contribution in [2.45, 2.75) is 13.8 Å². The lowest BCUT2D eigenvalue weighted by Gasteiger charge is -2.05. The van der Waals surface area contributed by atoms with Gasteiger partial charge in [-0.2, -0.15) is 0 Å². The Kier molecular flexibility index (Phi) is 5.42. The summed E-state index contributed by atoms with van der Waals surface area (Å²) in [6.45, 7) is 2.94. The van der Waals surface area contributed by atoms with Crippen molar-refractivity contribution in [2.24, 2.45) is 0 Å². The Morgan fingerprint density at radius 1 is 0.926 bits per heavy atom. The summed E-state index contributed by atoms with van der Waals surface area (Å²) in [6, 6.07) is 14.0. The van der Waals surface area contributed by atoms with Gasteiger partial charge in [-0.1, -0.05) is 18.2 Å². The Balaban J connectivity index is 1.72. The fourth-order valence-corrected chi connectivity index (χ4v) is 3.21. The first-order chi connectivity index (χ1) is 12.9. The number of ketones is 1. The summed E-state index contributed by atoms with van der Waals surface area (Å²) in [6.07, 6.45) is 0. The zero-order valence-electron chi connectivity index (χ0n) is 14.8. The molecular formula is C20H17N3O3S.